The van der Waals surface area contributed by atoms with Gasteiger partial charge in [-0.25, -0.2) is 0 Å². The maximum Gasteiger partial charge on any atom is 0.223 e. The molecule has 4 heteroatoms. The molecule has 1 atom stereocenters. The fourth-order valence-corrected chi connectivity index (χ4v) is 4.33. The third-order valence-corrected chi connectivity index (χ3v) is 5.60. The van der Waals surface area contributed by atoms with Gasteiger partial charge in [-0.2, -0.15) is 0 Å². The number of amides is 2. The van der Waals surface area contributed by atoms with Crippen molar-refractivity contribution < 1.29 is 9.59 Å². The Morgan fingerprint density at radius 1 is 1.20 bits per heavy atom. The highest BCUT2D eigenvalue weighted by Crippen LogP contribution is 2.36. The number of likely N-dealkylation sites (tertiary alicyclic amines) is 2. The summed E-state index contributed by atoms with van der Waals surface area (Å²) in [7, 11) is 0. The monoisotopic (exact) mass is 340 g/mol. The summed E-state index contributed by atoms with van der Waals surface area (Å²) in [5, 5.41) is 0. The number of carbonyl (C=O) groups is 2. The summed E-state index contributed by atoms with van der Waals surface area (Å²) in [6.45, 7) is 5.89. The van der Waals surface area contributed by atoms with Gasteiger partial charge in [0.1, 0.15) is 0 Å². The number of nitrogens with zero attached hydrogens (tertiary/aromatic N) is 2. The van der Waals surface area contributed by atoms with E-state index in [-0.39, 0.29) is 17.4 Å². The third kappa shape index (κ3) is 3.94. The minimum absolute atomic E-state index is 0.176. The van der Waals surface area contributed by atoms with Crippen LogP contribution in [0.4, 0.5) is 0 Å². The molecule has 1 spiro atoms. The molecule has 0 aliphatic carbocycles. The average molecular weight is 340 g/mol. The zero-order valence-electron chi connectivity index (χ0n) is 15.0. The molecule has 0 radical (unpaired) electrons. The maximum absolute atomic E-state index is 12.7. The van der Waals surface area contributed by atoms with Crippen molar-refractivity contribution in [3.63, 3.8) is 0 Å². The van der Waals surface area contributed by atoms with Crippen molar-refractivity contribution in [1.29, 1.82) is 0 Å². The van der Waals surface area contributed by atoms with E-state index in [1.807, 2.05) is 28.0 Å². The number of aryl methyl sites for hydroxylation is 1. The minimum Gasteiger partial charge on any atom is -0.340 e. The molecule has 2 aliphatic heterocycles. The van der Waals surface area contributed by atoms with Gasteiger partial charge in [0.25, 0.3) is 0 Å². The van der Waals surface area contributed by atoms with Crippen LogP contribution in [-0.2, 0) is 16.0 Å². The minimum atomic E-state index is -0.176. The molecule has 25 heavy (non-hydrogen) atoms. The Labute approximate surface area is 150 Å². The topological polar surface area (TPSA) is 40.6 Å². The van der Waals surface area contributed by atoms with Crippen molar-refractivity contribution in [1.82, 2.24) is 9.80 Å². The van der Waals surface area contributed by atoms with Crippen LogP contribution in [0.15, 0.2) is 43.0 Å². The van der Waals surface area contributed by atoms with E-state index < -0.39 is 0 Å². The Balaban J connectivity index is 1.66. The van der Waals surface area contributed by atoms with Gasteiger partial charge in [-0.05, 0) is 37.7 Å². The Kier molecular flexibility index (Phi) is 5.57. The summed E-state index contributed by atoms with van der Waals surface area (Å²) in [5.41, 5.74) is 1.02. The second kappa shape index (κ2) is 7.85. The van der Waals surface area contributed by atoms with E-state index in [0.717, 1.165) is 38.6 Å². The summed E-state index contributed by atoms with van der Waals surface area (Å²) < 4.78 is 0. The molecule has 2 heterocycles. The van der Waals surface area contributed by atoms with Gasteiger partial charge in [0.15, 0.2) is 0 Å². The second-order valence-corrected chi connectivity index (χ2v) is 7.28. The summed E-state index contributed by atoms with van der Waals surface area (Å²) in [4.78, 5) is 29.1. The van der Waals surface area contributed by atoms with Crippen molar-refractivity contribution in [2.45, 2.75) is 50.5 Å². The highest BCUT2D eigenvalue weighted by molar-refractivity contribution is 5.79. The normalized spacial score (nSPS) is 23.8. The molecule has 2 amide bonds. The van der Waals surface area contributed by atoms with Crippen LogP contribution in [0.1, 0.15) is 44.1 Å². The lowest BCUT2D eigenvalue weighted by Crippen LogP contribution is -2.63. The first-order chi connectivity index (χ1) is 12.1. The molecule has 0 unspecified atom stereocenters. The van der Waals surface area contributed by atoms with Crippen molar-refractivity contribution in [3.05, 3.63) is 48.6 Å². The van der Waals surface area contributed by atoms with Crippen LogP contribution in [0.25, 0.3) is 0 Å². The van der Waals surface area contributed by atoms with Gasteiger partial charge < -0.3 is 9.80 Å². The quantitative estimate of drug-likeness (QED) is 0.773. The summed E-state index contributed by atoms with van der Waals surface area (Å²) in [6.07, 6.45) is 7.63. The first-order valence-corrected chi connectivity index (χ1v) is 9.38. The van der Waals surface area contributed by atoms with E-state index in [4.69, 9.17) is 0 Å². The predicted octanol–water partition coefficient (Wildman–Crippen LogP) is 3.18. The summed E-state index contributed by atoms with van der Waals surface area (Å²) >= 11 is 0. The third-order valence-electron chi connectivity index (χ3n) is 5.60. The Morgan fingerprint density at radius 3 is 2.72 bits per heavy atom. The zero-order chi connectivity index (χ0) is 17.7. The zero-order valence-corrected chi connectivity index (χ0v) is 15.0. The van der Waals surface area contributed by atoms with Crippen molar-refractivity contribution in [2.75, 3.05) is 19.6 Å². The van der Waals surface area contributed by atoms with Gasteiger partial charge >= 0.3 is 0 Å². The van der Waals surface area contributed by atoms with E-state index in [2.05, 4.69) is 18.7 Å². The van der Waals surface area contributed by atoms with E-state index in [1.54, 1.807) is 6.08 Å². The molecule has 0 bridgehead atoms. The largest absolute Gasteiger partial charge is 0.340 e. The van der Waals surface area contributed by atoms with Crippen LogP contribution < -0.4 is 0 Å². The first kappa shape index (κ1) is 17.7. The SMILES string of the molecule is C=CCN1C(=O)CCC[C@@]12CCCN(C(=O)CCc1ccccc1)C2. The number of carbonyl (C=O) groups excluding carboxylic acids is 2. The van der Waals surface area contributed by atoms with Gasteiger partial charge in [0.05, 0.1) is 5.54 Å². The second-order valence-electron chi connectivity index (χ2n) is 7.28. The first-order valence-electron chi connectivity index (χ1n) is 9.38. The van der Waals surface area contributed by atoms with Gasteiger partial charge in [-0.1, -0.05) is 36.4 Å². The molecule has 2 aliphatic rings. The molecule has 0 saturated carbocycles. The molecule has 2 saturated heterocycles. The van der Waals surface area contributed by atoms with Gasteiger partial charge in [0.2, 0.25) is 11.8 Å². The van der Waals surface area contributed by atoms with Crippen LogP contribution in [0, 0.1) is 0 Å². The number of benzene rings is 1. The van der Waals surface area contributed by atoms with E-state index in [0.29, 0.717) is 25.9 Å². The molecule has 4 nitrogen and oxygen atoms in total. The molecule has 0 aromatic heterocycles. The molecule has 2 fully saturated rings. The number of rotatable bonds is 5. The summed E-state index contributed by atoms with van der Waals surface area (Å²) in [5.74, 6) is 0.421. The Bertz CT molecular complexity index is 624. The number of piperidine rings is 2. The lowest BCUT2D eigenvalue weighted by Gasteiger charge is -2.52. The van der Waals surface area contributed by atoms with Crippen LogP contribution in [0.2, 0.25) is 0 Å². The predicted molar refractivity (Wildman–Crippen MR) is 99.1 cm³/mol. The number of hydrogen-bond acceptors (Lipinski definition) is 2. The standard InChI is InChI=1S/C21H28N2O2/c1-2-15-23-20(25)10-6-13-21(23)14-7-16-22(17-21)19(24)12-11-18-8-4-3-5-9-18/h2-5,8-9H,1,6-7,10-17H2/t21-/m0/s1. The van der Waals surface area contributed by atoms with Crippen molar-refractivity contribution in [2.24, 2.45) is 0 Å². The maximum atomic E-state index is 12.7. The van der Waals surface area contributed by atoms with Crippen LogP contribution in [0.5, 0.6) is 0 Å². The molecule has 1 aromatic carbocycles. The molecule has 134 valence electrons. The molecular formula is C21H28N2O2. The van der Waals surface area contributed by atoms with Gasteiger partial charge in [0, 0.05) is 32.5 Å². The van der Waals surface area contributed by atoms with Crippen LogP contribution in [0.3, 0.4) is 0 Å². The highest BCUT2D eigenvalue weighted by atomic mass is 16.2. The smallest absolute Gasteiger partial charge is 0.223 e. The average Bonchev–Trinajstić information content (AvgIpc) is 2.64. The molecule has 0 N–H and O–H groups in total. The van der Waals surface area contributed by atoms with Gasteiger partial charge in [-0.15, -0.1) is 6.58 Å². The van der Waals surface area contributed by atoms with Crippen LogP contribution in [-0.4, -0.2) is 46.8 Å². The van der Waals surface area contributed by atoms with Crippen LogP contribution >= 0.6 is 0 Å². The Morgan fingerprint density at radius 2 is 1.96 bits per heavy atom. The fraction of sp³-hybridized carbons (Fsp3) is 0.524. The lowest BCUT2D eigenvalue weighted by molar-refractivity contribution is -0.149. The molecule has 1 aromatic rings. The van der Waals surface area contributed by atoms with Crippen molar-refractivity contribution >= 4 is 11.8 Å². The van der Waals surface area contributed by atoms with Crippen molar-refractivity contribution in [3.8, 4) is 0 Å². The highest BCUT2D eigenvalue weighted by Gasteiger charge is 2.45. The Hall–Kier alpha value is -2.10. The van der Waals surface area contributed by atoms with Gasteiger partial charge in [-0.3, -0.25) is 9.59 Å². The number of hydrogen-bond donors (Lipinski definition) is 0. The lowest BCUT2D eigenvalue weighted by atomic mass is 9.79. The van der Waals surface area contributed by atoms with E-state index in [1.165, 1.54) is 5.56 Å². The van der Waals surface area contributed by atoms with E-state index >= 15 is 0 Å². The van der Waals surface area contributed by atoms with E-state index in [9.17, 15) is 9.59 Å². The molecular weight excluding hydrogens is 312 g/mol. The summed E-state index contributed by atoms with van der Waals surface area (Å²) in [6, 6.07) is 10.1. The molecule has 3 rings (SSSR count). The fourth-order valence-electron chi connectivity index (χ4n) is 4.33.